The molecule has 0 unspecified atom stereocenters. The molecule has 0 spiro atoms. The van der Waals surface area contributed by atoms with Crippen molar-refractivity contribution in [1.82, 2.24) is 14.1 Å². The van der Waals surface area contributed by atoms with E-state index in [-0.39, 0.29) is 29.4 Å². The quantitative estimate of drug-likeness (QED) is 0.429. The van der Waals surface area contributed by atoms with Crippen molar-refractivity contribution in [3.63, 3.8) is 0 Å². The number of hydrogen-bond acceptors (Lipinski definition) is 5. The van der Waals surface area contributed by atoms with Crippen LogP contribution in [0.1, 0.15) is 41.0 Å². The van der Waals surface area contributed by atoms with Crippen LogP contribution in [-0.2, 0) is 21.2 Å². The van der Waals surface area contributed by atoms with Crippen molar-refractivity contribution in [3.05, 3.63) is 86.6 Å². The second-order valence-corrected chi connectivity index (χ2v) is 13.2. The standard InChI is InChI=1S/C28H32ClN3O3S2/c1-20-5-3-4-6-24(20)28-25-13-18-36-26(25)11-14-30(28)15-12-27(33)31-16-17-32(21(2)19-31)37(34,35)23-9-7-22(29)8-10-23/h3-10,13,18,21,28H,11-12,14-17,19H2,1-2H3/t21-,28-/m0/s1. The van der Waals surface area contributed by atoms with Crippen molar-refractivity contribution < 1.29 is 13.2 Å². The lowest BCUT2D eigenvalue weighted by atomic mass is 9.90. The maximum Gasteiger partial charge on any atom is 0.243 e. The molecule has 6 nitrogen and oxygen atoms in total. The van der Waals surface area contributed by atoms with Gasteiger partial charge >= 0.3 is 0 Å². The average molecular weight is 558 g/mol. The van der Waals surface area contributed by atoms with Crippen LogP contribution in [0.5, 0.6) is 0 Å². The van der Waals surface area contributed by atoms with Gasteiger partial charge in [-0.05, 0) is 72.7 Å². The van der Waals surface area contributed by atoms with Crippen molar-refractivity contribution in [2.24, 2.45) is 0 Å². The summed E-state index contributed by atoms with van der Waals surface area (Å²) in [6, 6.07) is 16.8. The first kappa shape index (κ1) is 26.4. The van der Waals surface area contributed by atoms with Crippen LogP contribution in [0.4, 0.5) is 0 Å². The summed E-state index contributed by atoms with van der Waals surface area (Å²) in [7, 11) is -3.64. The smallest absolute Gasteiger partial charge is 0.243 e. The van der Waals surface area contributed by atoms with Crippen LogP contribution in [0.2, 0.25) is 5.02 Å². The molecule has 0 radical (unpaired) electrons. The third-order valence-corrected chi connectivity index (χ3v) is 10.8. The summed E-state index contributed by atoms with van der Waals surface area (Å²) in [5, 5.41) is 2.67. The zero-order valence-corrected chi connectivity index (χ0v) is 23.5. The first-order valence-corrected chi connectivity index (χ1v) is 15.4. The summed E-state index contributed by atoms with van der Waals surface area (Å²) in [6.45, 7) is 6.68. The topological polar surface area (TPSA) is 60.9 Å². The molecular formula is C28H32ClN3O3S2. The minimum absolute atomic E-state index is 0.0787. The highest BCUT2D eigenvalue weighted by atomic mass is 35.5. The normalized spacial score (nSPS) is 21.1. The molecule has 0 aliphatic carbocycles. The Morgan fingerprint density at radius 2 is 1.78 bits per heavy atom. The Morgan fingerprint density at radius 1 is 1.03 bits per heavy atom. The predicted octanol–water partition coefficient (Wildman–Crippen LogP) is 4.97. The summed E-state index contributed by atoms with van der Waals surface area (Å²) in [6.07, 6.45) is 1.42. The molecule has 3 aromatic rings. The molecule has 37 heavy (non-hydrogen) atoms. The van der Waals surface area contributed by atoms with Gasteiger partial charge in [-0.2, -0.15) is 4.31 Å². The molecule has 2 aliphatic rings. The maximum atomic E-state index is 13.3. The van der Waals surface area contributed by atoms with Gasteiger partial charge in [-0.15, -0.1) is 11.3 Å². The van der Waals surface area contributed by atoms with E-state index in [4.69, 9.17) is 11.6 Å². The number of aryl methyl sites for hydroxylation is 1. The zero-order valence-electron chi connectivity index (χ0n) is 21.1. The maximum absolute atomic E-state index is 13.3. The number of rotatable bonds is 6. The van der Waals surface area contributed by atoms with Crippen LogP contribution in [0.3, 0.4) is 0 Å². The van der Waals surface area contributed by atoms with E-state index in [0.717, 1.165) is 13.0 Å². The number of nitrogens with zero attached hydrogens (tertiary/aromatic N) is 3. The largest absolute Gasteiger partial charge is 0.340 e. The van der Waals surface area contributed by atoms with Crippen LogP contribution in [0.25, 0.3) is 0 Å². The summed E-state index contributed by atoms with van der Waals surface area (Å²) < 4.78 is 27.8. The predicted molar refractivity (Wildman–Crippen MR) is 149 cm³/mol. The van der Waals surface area contributed by atoms with E-state index in [0.29, 0.717) is 31.1 Å². The van der Waals surface area contributed by atoms with Gasteiger partial charge in [-0.3, -0.25) is 9.69 Å². The molecule has 1 amide bonds. The third-order valence-electron chi connectivity index (χ3n) is 7.50. The van der Waals surface area contributed by atoms with Crippen molar-refractivity contribution in [2.75, 3.05) is 32.7 Å². The summed E-state index contributed by atoms with van der Waals surface area (Å²) in [5.74, 6) is 0.0787. The molecule has 2 atom stereocenters. The van der Waals surface area contributed by atoms with Gasteiger partial charge in [0, 0.05) is 55.1 Å². The molecule has 5 rings (SSSR count). The average Bonchev–Trinajstić information content (AvgIpc) is 3.36. The number of halogens is 1. The van der Waals surface area contributed by atoms with Crippen LogP contribution in [0.15, 0.2) is 64.9 Å². The van der Waals surface area contributed by atoms with Crippen molar-refractivity contribution in [3.8, 4) is 0 Å². The molecule has 2 aromatic carbocycles. The number of carbonyl (C=O) groups is 1. The fraction of sp³-hybridized carbons (Fsp3) is 0.393. The molecule has 1 saturated heterocycles. The Balaban J connectivity index is 1.24. The molecular weight excluding hydrogens is 526 g/mol. The number of amides is 1. The molecule has 0 N–H and O–H groups in total. The summed E-state index contributed by atoms with van der Waals surface area (Å²) >= 11 is 7.75. The number of hydrogen-bond donors (Lipinski definition) is 0. The third kappa shape index (κ3) is 5.36. The number of carbonyl (C=O) groups excluding carboxylic acids is 1. The Hall–Kier alpha value is -2.23. The van der Waals surface area contributed by atoms with E-state index in [1.807, 2.05) is 23.2 Å². The minimum Gasteiger partial charge on any atom is -0.340 e. The van der Waals surface area contributed by atoms with Gasteiger partial charge in [0.2, 0.25) is 15.9 Å². The highest BCUT2D eigenvalue weighted by Gasteiger charge is 2.36. The highest BCUT2D eigenvalue weighted by molar-refractivity contribution is 7.89. The number of benzene rings is 2. The fourth-order valence-electron chi connectivity index (χ4n) is 5.53. The van der Waals surface area contributed by atoms with E-state index in [2.05, 4.69) is 47.5 Å². The van der Waals surface area contributed by atoms with Gasteiger partial charge in [0.25, 0.3) is 0 Å². The molecule has 196 valence electrons. The lowest BCUT2D eigenvalue weighted by Gasteiger charge is -2.40. The molecule has 2 aliphatic heterocycles. The first-order valence-electron chi connectivity index (χ1n) is 12.7. The van der Waals surface area contributed by atoms with Gasteiger partial charge in [0.1, 0.15) is 0 Å². The van der Waals surface area contributed by atoms with E-state index < -0.39 is 10.0 Å². The lowest BCUT2D eigenvalue weighted by Crippen LogP contribution is -2.55. The molecule has 3 heterocycles. The Bertz CT molecular complexity index is 1370. The van der Waals surface area contributed by atoms with E-state index in [1.165, 1.54) is 38.0 Å². The second kappa shape index (κ2) is 10.9. The Labute approximate surface area is 228 Å². The van der Waals surface area contributed by atoms with Crippen LogP contribution in [0, 0.1) is 6.92 Å². The van der Waals surface area contributed by atoms with Gasteiger partial charge in [-0.1, -0.05) is 35.9 Å². The minimum atomic E-state index is -3.64. The molecule has 9 heteroatoms. The van der Waals surface area contributed by atoms with E-state index in [1.54, 1.807) is 12.1 Å². The van der Waals surface area contributed by atoms with Gasteiger partial charge in [0.15, 0.2) is 0 Å². The SMILES string of the molecule is Cc1ccccc1[C@H]1c2ccsc2CCN1CCC(=O)N1CCN(S(=O)(=O)c2ccc(Cl)cc2)[C@@H](C)C1. The summed E-state index contributed by atoms with van der Waals surface area (Å²) in [5.41, 5.74) is 3.91. The van der Waals surface area contributed by atoms with Crippen molar-refractivity contribution >= 4 is 38.9 Å². The van der Waals surface area contributed by atoms with Gasteiger partial charge < -0.3 is 4.90 Å². The Morgan fingerprint density at radius 3 is 2.51 bits per heavy atom. The highest BCUT2D eigenvalue weighted by Crippen LogP contribution is 2.39. The van der Waals surface area contributed by atoms with E-state index >= 15 is 0 Å². The molecule has 1 aromatic heterocycles. The van der Waals surface area contributed by atoms with Crippen molar-refractivity contribution in [1.29, 1.82) is 0 Å². The number of fused-ring (bicyclic) bond motifs is 1. The zero-order chi connectivity index (χ0) is 26.2. The fourth-order valence-corrected chi connectivity index (χ4v) is 8.17. The Kier molecular flexibility index (Phi) is 7.75. The molecule has 1 fully saturated rings. The van der Waals surface area contributed by atoms with Crippen LogP contribution in [-0.4, -0.2) is 67.2 Å². The number of sulfonamides is 1. The summed E-state index contributed by atoms with van der Waals surface area (Å²) in [4.78, 5) is 19.2. The lowest BCUT2D eigenvalue weighted by molar-refractivity contribution is -0.133. The van der Waals surface area contributed by atoms with Gasteiger partial charge in [-0.25, -0.2) is 8.42 Å². The van der Waals surface area contributed by atoms with Gasteiger partial charge in [0.05, 0.1) is 10.9 Å². The van der Waals surface area contributed by atoms with E-state index in [9.17, 15) is 13.2 Å². The number of thiophene rings is 1. The van der Waals surface area contributed by atoms with Crippen molar-refractivity contribution in [2.45, 2.75) is 43.7 Å². The van der Waals surface area contributed by atoms with Crippen LogP contribution >= 0.6 is 22.9 Å². The van der Waals surface area contributed by atoms with Crippen LogP contribution < -0.4 is 0 Å². The molecule has 0 saturated carbocycles. The second-order valence-electron chi connectivity index (χ2n) is 9.85. The monoisotopic (exact) mass is 557 g/mol. The molecule has 0 bridgehead atoms. The number of piperazine rings is 1. The first-order chi connectivity index (χ1) is 17.8.